The third kappa shape index (κ3) is 4.33. The van der Waals surface area contributed by atoms with Crippen molar-refractivity contribution in [2.75, 3.05) is 18.0 Å². The number of nitrogens with one attached hydrogen (secondary N) is 1. The summed E-state index contributed by atoms with van der Waals surface area (Å²) in [4.78, 5) is 26.8. The second-order valence-corrected chi connectivity index (χ2v) is 8.23. The molecule has 3 rings (SSSR count). The zero-order chi connectivity index (χ0) is 20.4. The Hall–Kier alpha value is -2.05. The van der Waals surface area contributed by atoms with Gasteiger partial charge in [0.05, 0.1) is 17.6 Å². The van der Waals surface area contributed by atoms with Crippen molar-refractivity contribution in [3.8, 4) is 5.69 Å². The first-order valence-electron chi connectivity index (χ1n) is 9.37. The lowest BCUT2D eigenvalue weighted by atomic mass is 10.0. The number of aromatic nitrogens is 2. The van der Waals surface area contributed by atoms with E-state index in [4.69, 9.17) is 23.2 Å². The van der Waals surface area contributed by atoms with Gasteiger partial charge >= 0.3 is 0 Å². The van der Waals surface area contributed by atoms with E-state index in [0.29, 0.717) is 22.9 Å². The van der Waals surface area contributed by atoms with Crippen molar-refractivity contribution in [3.63, 3.8) is 0 Å². The van der Waals surface area contributed by atoms with E-state index in [2.05, 4.69) is 10.4 Å². The SMILES string of the molecule is Cc1ccc(-n2ncc(N3CCCC(NC(=O)C(C)C)C3)c(Cl)c2=O)cc1Cl. The Bertz CT molecular complexity index is 942. The predicted octanol–water partition coefficient (Wildman–Crippen LogP) is 3.59. The van der Waals surface area contributed by atoms with Crippen molar-refractivity contribution in [1.82, 2.24) is 15.1 Å². The summed E-state index contributed by atoms with van der Waals surface area (Å²) in [5.74, 6) is -0.0337. The number of piperidine rings is 1. The van der Waals surface area contributed by atoms with Gasteiger partial charge in [-0.15, -0.1) is 0 Å². The Morgan fingerprint density at radius 2 is 2.07 bits per heavy atom. The summed E-state index contributed by atoms with van der Waals surface area (Å²) in [5, 5.41) is 8.04. The molecule has 1 saturated heterocycles. The van der Waals surface area contributed by atoms with Crippen LogP contribution in [0.25, 0.3) is 5.69 Å². The smallest absolute Gasteiger partial charge is 0.292 e. The van der Waals surface area contributed by atoms with Gasteiger partial charge in [0.15, 0.2) is 0 Å². The number of hydrogen-bond donors (Lipinski definition) is 1. The molecule has 1 amide bonds. The first-order valence-corrected chi connectivity index (χ1v) is 10.1. The second-order valence-electron chi connectivity index (χ2n) is 7.44. The number of halogens is 2. The molecule has 1 aromatic heterocycles. The van der Waals surface area contributed by atoms with Crippen molar-refractivity contribution in [2.24, 2.45) is 5.92 Å². The van der Waals surface area contributed by atoms with E-state index in [9.17, 15) is 9.59 Å². The minimum absolute atomic E-state index is 0.0260. The maximum atomic E-state index is 12.8. The highest BCUT2D eigenvalue weighted by Gasteiger charge is 2.25. The normalized spacial score (nSPS) is 17.1. The molecule has 1 unspecified atom stereocenters. The molecule has 2 aromatic rings. The van der Waals surface area contributed by atoms with Crippen LogP contribution in [0.1, 0.15) is 32.3 Å². The molecule has 1 atom stereocenters. The quantitative estimate of drug-likeness (QED) is 0.817. The highest BCUT2D eigenvalue weighted by atomic mass is 35.5. The van der Waals surface area contributed by atoms with Gasteiger partial charge in [-0.05, 0) is 37.5 Å². The van der Waals surface area contributed by atoms with E-state index in [1.54, 1.807) is 18.3 Å². The molecule has 0 saturated carbocycles. The lowest BCUT2D eigenvalue weighted by molar-refractivity contribution is -0.124. The Morgan fingerprint density at radius 1 is 1.32 bits per heavy atom. The summed E-state index contributed by atoms with van der Waals surface area (Å²) in [6.45, 7) is 6.99. The molecular formula is C20H24Cl2N4O2. The number of rotatable bonds is 4. The zero-order valence-corrected chi connectivity index (χ0v) is 17.7. The number of nitrogens with zero attached hydrogens (tertiary/aromatic N) is 3. The number of carbonyl (C=O) groups is 1. The van der Waals surface area contributed by atoms with Crippen LogP contribution in [0.3, 0.4) is 0 Å². The maximum absolute atomic E-state index is 12.8. The van der Waals surface area contributed by atoms with E-state index in [0.717, 1.165) is 24.9 Å². The number of anilines is 1. The second kappa shape index (κ2) is 8.53. The first kappa shape index (κ1) is 20.7. The van der Waals surface area contributed by atoms with E-state index < -0.39 is 5.56 Å². The number of carbonyl (C=O) groups excluding carboxylic acids is 1. The van der Waals surface area contributed by atoms with E-state index >= 15 is 0 Å². The van der Waals surface area contributed by atoms with Crippen molar-refractivity contribution < 1.29 is 4.79 Å². The van der Waals surface area contributed by atoms with Gasteiger partial charge in [0.1, 0.15) is 5.02 Å². The third-order valence-corrected chi connectivity index (χ3v) is 5.70. The number of hydrogen-bond acceptors (Lipinski definition) is 4. The molecule has 28 heavy (non-hydrogen) atoms. The number of aryl methyl sites for hydroxylation is 1. The molecule has 8 heteroatoms. The van der Waals surface area contributed by atoms with Crippen LogP contribution in [0.4, 0.5) is 5.69 Å². The molecule has 0 aliphatic carbocycles. The average molecular weight is 423 g/mol. The van der Waals surface area contributed by atoms with Gasteiger partial charge in [-0.25, -0.2) is 0 Å². The van der Waals surface area contributed by atoms with Gasteiger partial charge in [-0.2, -0.15) is 9.78 Å². The molecule has 1 fully saturated rings. The largest absolute Gasteiger partial charge is 0.367 e. The number of benzene rings is 1. The highest BCUT2D eigenvalue weighted by Crippen LogP contribution is 2.26. The molecule has 6 nitrogen and oxygen atoms in total. The molecule has 0 spiro atoms. The van der Waals surface area contributed by atoms with Gasteiger partial charge in [-0.1, -0.05) is 43.1 Å². The van der Waals surface area contributed by atoms with Crippen LogP contribution in [0.15, 0.2) is 29.2 Å². The predicted molar refractivity (Wildman–Crippen MR) is 113 cm³/mol. The fourth-order valence-electron chi connectivity index (χ4n) is 3.22. The highest BCUT2D eigenvalue weighted by molar-refractivity contribution is 6.33. The summed E-state index contributed by atoms with van der Waals surface area (Å²) in [6, 6.07) is 5.34. The minimum Gasteiger partial charge on any atom is -0.367 e. The molecule has 2 heterocycles. The summed E-state index contributed by atoms with van der Waals surface area (Å²) in [5.41, 5.74) is 1.68. The molecule has 1 aromatic carbocycles. The fourth-order valence-corrected chi connectivity index (χ4v) is 3.65. The minimum atomic E-state index is -0.396. The van der Waals surface area contributed by atoms with Gasteiger partial charge in [-0.3, -0.25) is 9.59 Å². The monoisotopic (exact) mass is 422 g/mol. The molecule has 0 radical (unpaired) electrons. The van der Waals surface area contributed by atoms with Gasteiger partial charge in [0.2, 0.25) is 5.91 Å². The summed E-state index contributed by atoms with van der Waals surface area (Å²) < 4.78 is 1.25. The van der Waals surface area contributed by atoms with Crippen LogP contribution >= 0.6 is 23.2 Å². The summed E-state index contributed by atoms with van der Waals surface area (Å²) in [7, 11) is 0. The van der Waals surface area contributed by atoms with Crippen LogP contribution in [0.2, 0.25) is 10.0 Å². The van der Waals surface area contributed by atoms with E-state index in [1.165, 1.54) is 4.68 Å². The van der Waals surface area contributed by atoms with Crippen LogP contribution in [-0.2, 0) is 4.79 Å². The molecule has 1 N–H and O–H groups in total. The Morgan fingerprint density at radius 3 is 2.75 bits per heavy atom. The molecular weight excluding hydrogens is 399 g/mol. The lowest BCUT2D eigenvalue weighted by Gasteiger charge is -2.35. The topological polar surface area (TPSA) is 67.2 Å². The molecule has 0 bridgehead atoms. The van der Waals surface area contributed by atoms with Crippen molar-refractivity contribution in [3.05, 3.63) is 50.4 Å². The lowest BCUT2D eigenvalue weighted by Crippen LogP contribution is -2.49. The Balaban J connectivity index is 1.85. The fraction of sp³-hybridized carbons (Fsp3) is 0.450. The van der Waals surface area contributed by atoms with Crippen LogP contribution in [0, 0.1) is 12.8 Å². The van der Waals surface area contributed by atoms with Crippen LogP contribution in [-0.4, -0.2) is 34.8 Å². The van der Waals surface area contributed by atoms with E-state index in [1.807, 2.05) is 31.7 Å². The third-order valence-electron chi connectivity index (χ3n) is 4.93. The Labute approximate surface area is 174 Å². The Kier molecular flexibility index (Phi) is 6.30. The van der Waals surface area contributed by atoms with Crippen molar-refractivity contribution >= 4 is 34.8 Å². The van der Waals surface area contributed by atoms with Gasteiger partial charge < -0.3 is 10.2 Å². The molecule has 1 aliphatic rings. The molecule has 1 aliphatic heterocycles. The van der Waals surface area contributed by atoms with Gasteiger partial charge in [0.25, 0.3) is 5.56 Å². The standard InChI is InChI=1S/C20H24Cl2N4O2/c1-12(2)19(27)24-14-5-4-8-25(11-14)17-10-23-26(20(28)18(17)22)15-7-6-13(3)16(21)9-15/h6-7,9-10,12,14H,4-5,8,11H2,1-3H3,(H,24,27). The van der Waals surface area contributed by atoms with Crippen molar-refractivity contribution in [2.45, 2.75) is 39.7 Å². The molecule has 150 valence electrons. The van der Waals surface area contributed by atoms with Crippen LogP contribution in [0.5, 0.6) is 0 Å². The van der Waals surface area contributed by atoms with Crippen molar-refractivity contribution in [1.29, 1.82) is 0 Å². The van der Waals surface area contributed by atoms with Gasteiger partial charge in [0, 0.05) is 30.1 Å². The zero-order valence-electron chi connectivity index (χ0n) is 16.2. The maximum Gasteiger partial charge on any atom is 0.292 e. The number of amides is 1. The van der Waals surface area contributed by atoms with E-state index in [-0.39, 0.29) is 22.9 Å². The summed E-state index contributed by atoms with van der Waals surface area (Å²) in [6.07, 6.45) is 3.40. The van der Waals surface area contributed by atoms with Crippen LogP contribution < -0.4 is 15.8 Å². The average Bonchev–Trinajstić information content (AvgIpc) is 2.66. The first-order chi connectivity index (χ1) is 13.3. The summed E-state index contributed by atoms with van der Waals surface area (Å²) >= 11 is 12.6.